The summed E-state index contributed by atoms with van der Waals surface area (Å²) < 4.78 is 9.06. The van der Waals surface area contributed by atoms with Crippen LogP contribution in [0.25, 0.3) is 10.9 Å². The number of ether oxygens (including phenoxy) is 1. The molecule has 2 aromatic carbocycles. The molecule has 0 unspecified atom stereocenters. The zero-order valence-electron chi connectivity index (χ0n) is 11.3. The molecule has 0 saturated carbocycles. The second-order valence-corrected chi connectivity index (χ2v) is 5.79. The van der Waals surface area contributed by atoms with Crippen LogP contribution in [0.3, 0.4) is 0 Å². The maximum Gasteiger partial charge on any atom is 0.119 e. The Kier molecular flexibility index (Phi) is 3.79. The van der Waals surface area contributed by atoms with E-state index in [1.54, 1.807) is 0 Å². The molecule has 0 saturated heterocycles. The molecule has 1 heterocycles. The molecule has 0 atom stereocenters. The molecule has 2 nitrogen and oxygen atoms in total. The van der Waals surface area contributed by atoms with Crippen molar-refractivity contribution in [3.63, 3.8) is 0 Å². The third-order valence-electron chi connectivity index (χ3n) is 3.34. The molecule has 0 spiro atoms. The molecule has 0 radical (unpaired) electrons. The predicted molar refractivity (Wildman–Crippen MR) is 86.3 cm³/mol. The van der Waals surface area contributed by atoms with Gasteiger partial charge in [0.2, 0.25) is 0 Å². The van der Waals surface area contributed by atoms with Crippen molar-refractivity contribution in [3.8, 4) is 5.75 Å². The summed E-state index contributed by atoms with van der Waals surface area (Å²) in [4.78, 5) is 0. The second-order valence-electron chi connectivity index (χ2n) is 4.87. The van der Waals surface area contributed by atoms with Crippen LogP contribution in [0, 0.1) is 6.92 Å². The smallest absolute Gasteiger partial charge is 0.119 e. The number of hydrogen-bond acceptors (Lipinski definition) is 1. The van der Waals surface area contributed by atoms with Crippen molar-refractivity contribution >= 4 is 26.8 Å². The first-order chi connectivity index (χ1) is 9.72. The SMILES string of the molecule is Cc1ccc2c(ccn2CCOc2ccc(Br)cc2)c1. The molecular formula is C17H16BrNO. The van der Waals surface area contributed by atoms with Crippen LogP contribution in [-0.2, 0) is 6.54 Å². The van der Waals surface area contributed by atoms with Gasteiger partial charge in [-0.25, -0.2) is 0 Å². The summed E-state index contributed by atoms with van der Waals surface area (Å²) in [6.07, 6.45) is 2.12. The summed E-state index contributed by atoms with van der Waals surface area (Å²) in [5.41, 5.74) is 2.55. The van der Waals surface area contributed by atoms with Crippen LogP contribution in [0.4, 0.5) is 0 Å². The van der Waals surface area contributed by atoms with Crippen LogP contribution in [0.5, 0.6) is 5.75 Å². The summed E-state index contributed by atoms with van der Waals surface area (Å²) in [6.45, 7) is 3.63. The Morgan fingerprint density at radius 1 is 1.05 bits per heavy atom. The third-order valence-corrected chi connectivity index (χ3v) is 3.87. The third kappa shape index (κ3) is 2.88. The monoisotopic (exact) mass is 329 g/mol. The fourth-order valence-electron chi connectivity index (χ4n) is 2.31. The summed E-state index contributed by atoms with van der Waals surface area (Å²) in [5.74, 6) is 0.903. The van der Waals surface area contributed by atoms with Crippen LogP contribution in [0.2, 0.25) is 0 Å². The van der Waals surface area contributed by atoms with Crippen molar-refractivity contribution in [1.29, 1.82) is 0 Å². The van der Waals surface area contributed by atoms with E-state index in [2.05, 4.69) is 57.9 Å². The van der Waals surface area contributed by atoms with Crippen LogP contribution >= 0.6 is 15.9 Å². The molecule has 0 aliphatic rings. The topological polar surface area (TPSA) is 14.2 Å². The minimum atomic E-state index is 0.666. The Hall–Kier alpha value is -1.74. The van der Waals surface area contributed by atoms with Gasteiger partial charge in [0.05, 0.1) is 6.54 Å². The number of benzene rings is 2. The van der Waals surface area contributed by atoms with Crippen molar-refractivity contribution in [2.45, 2.75) is 13.5 Å². The molecule has 3 rings (SSSR count). The van der Waals surface area contributed by atoms with Gasteiger partial charge in [-0.3, -0.25) is 0 Å². The van der Waals surface area contributed by atoms with E-state index in [0.717, 1.165) is 16.8 Å². The average Bonchev–Trinajstić information content (AvgIpc) is 2.83. The lowest BCUT2D eigenvalue weighted by molar-refractivity contribution is 0.300. The van der Waals surface area contributed by atoms with Gasteiger partial charge in [0, 0.05) is 16.2 Å². The van der Waals surface area contributed by atoms with Gasteiger partial charge in [-0.15, -0.1) is 0 Å². The zero-order chi connectivity index (χ0) is 13.9. The normalized spacial score (nSPS) is 10.9. The fraction of sp³-hybridized carbons (Fsp3) is 0.176. The summed E-state index contributed by atoms with van der Waals surface area (Å²) in [6, 6.07) is 16.6. The Bertz CT molecular complexity index is 715. The van der Waals surface area contributed by atoms with E-state index in [1.807, 2.05) is 24.3 Å². The number of aryl methyl sites for hydroxylation is 1. The quantitative estimate of drug-likeness (QED) is 0.671. The lowest BCUT2D eigenvalue weighted by Gasteiger charge is -2.08. The van der Waals surface area contributed by atoms with Gasteiger partial charge >= 0.3 is 0 Å². The Labute approximate surface area is 127 Å². The van der Waals surface area contributed by atoms with Gasteiger partial charge in [-0.05, 0) is 54.8 Å². The molecule has 0 fully saturated rings. The second kappa shape index (κ2) is 5.71. The molecule has 0 aliphatic heterocycles. The van der Waals surface area contributed by atoms with E-state index in [0.29, 0.717) is 6.61 Å². The molecule has 0 amide bonds. The Morgan fingerprint density at radius 3 is 2.65 bits per heavy atom. The van der Waals surface area contributed by atoms with Crippen LogP contribution in [-0.4, -0.2) is 11.2 Å². The fourth-order valence-corrected chi connectivity index (χ4v) is 2.57. The van der Waals surface area contributed by atoms with E-state index in [1.165, 1.54) is 16.5 Å². The lowest BCUT2D eigenvalue weighted by atomic mass is 10.2. The van der Waals surface area contributed by atoms with Crippen molar-refractivity contribution in [3.05, 3.63) is 64.8 Å². The molecule has 1 aromatic heterocycles. The molecule has 102 valence electrons. The standard InChI is InChI=1S/C17H16BrNO/c1-13-2-7-17-14(12-13)8-9-19(17)10-11-20-16-5-3-15(18)4-6-16/h2-9,12H,10-11H2,1H3. The first-order valence-corrected chi connectivity index (χ1v) is 7.45. The maximum absolute atomic E-state index is 5.77. The minimum absolute atomic E-state index is 0.666. The molecular weight excluding hydrogens is 314 g/mol. The van der Waals surface area contributed by atoms with Crippen LogP contribution < -0.4 is 4.74 Å². The zero-order valence-corrected chi connectivity index (χ0v) is 12.9. The van der Waals surface area contributed by atoms with E-state index < -0.39 is 0 Å². The first kappa shape index (κ1) is 13.3. The highest BCUT2D eigenvalue weighted by atomic mass is 79.9. The maximum atomic E-state index is 5.77. The highest BCUT2D eigenvalue weighted by Crippen LogP contribution is 2.18. The van der Waals surface area contributed by atoms with Gasteiger partial charge in [0.1, 0.15) is 12.4 Å². The van der Waals surface area contributed by atoms with Crippen LogP contribution in [0.1, 0.15) is 5.56 Å². The first-order valence-electron chi connectivity index (χ1n) is 6.66. The summed E-state index contributed by atoms with van der Waals surface area (Å²) in [7, 11) is 0. The number of hydrogen-bond donors (Lipinski definition) is 0. The predicted octanol–water partition coefficient (Wildman–Crippen LogP) is 4.79. The van der Waals surface area contributed by atoms with Gasteiger partial charge in [-0.2, -0.15) is 0 Å². The largest absolute Gasteiger partial charge is 0.492 e. The Balaban J connectivity index is 1.66. The summed E-state index contributed by atoms with van der Waals surface area (Å²) >= 11 is 3.42. The summed E-state index contributed by atoms with van der Waals surface area (Å²) in [5, 5.41) is 1.29. The highest BCUT2D eigenvalue weighted by molar-refractivity contribution is 9.10. The molecule has 3 aromatic rings. The van der Waals surface area contributed by atoms with E-state index in [-0.39, 0.29) is 0 Å². The van der Waals surface area contributed by atoms with Gasteiger partial charge in [0.15, 0.2) is 0 Å². The van der Waals surface area contributed by atoms with Crippen LogP contribution in [0.15, 0.2) is 59.2 Å². The molecule has 20 heavy (non-hydrogen) atoms. The minimum Gasteiger partial charge on any atom is -0.492 e. The van der Waals surface area contributed by atoms with E-state index >= 15 is 0 Å². The van der Waals surface area contributed by atoms with Crippen molar-refractivity contribution in [2.75, 3.05) is 6.61 Å². The number of halogens is 1. The van der Waals surface area contributed by atoms with Crippen molar-refractivity contribution < 1.29 is 4.74 Å². The lowest BCUT2D eigenvalue weighted by Crippen LogP contribution is -2.07. The number of rotatable bonds is 4. The molecule has 3 heteroatoms. The van der Waals surface area contributed by atoms with Gasteiger partial charge in [0.25, 0.3) is 0 Å². The van der Waals surface area contributed by atoms with Crippen molar-refractivity contribution in [2.24, 2.45) is 0 Å². The van der Waals surface area contributed by atoms with Gasteiger partial charge < -0.3 is 9.30 Å². The number of nitrogens with zero attached hydrogens (tertiary/aromatic N) is 1. The van der Waals surface area contributed by atoms with Gasteiger partial charge in [-0.1, -0.05) is 27.6 Å². The molecule has 0 bridgehead atoms. The molecule has 0 aliphatic carbocycles. The van der Waals surface area contributed by atoms with Crippen molar-refractivity contribution in [1.82, 2.24) is 4.57 Å². The number of fused-ring (bicyclic) bond motifs is 1. The average molecular weight is 330 g/mol. The van der Waals surface area contributed by atoms with E-state index in [4.69, 9.17) is 4.74 Å². The Morgan fingerprint density at radius 2 is 1.85 bits per heavy atom. The molecule has 0 N–H and O–H groups in total. The van der Waals surface area contributed by atoms with E-state index in [9.17, 15) is 0 Å². The highest BCUT2D eigenvalue weighted by Gasteiger charge is 2.01. The number of aromatic nitrogens is 1.